The lowest BCUT2D eigenvalue weighted by molar-refractivity contribution is -0.354. The van der Waals surface area contributed by atoms with Crippen LogP contribution in [-0.4, -0.2) is 61.8 Å². The smallest absolute Gasteiger partial charge is 0.464 e. The third-order valence-corrected chi connectivity index (χ3v) is 3.92. The number of ether oxygens (including phenoxy) is 3. The molecule has 0 fully saturated rings. The Balaban J connectivity index is 5.58. The van der Waals surface area contributed by atoms with Crippen LogP contribution in [-0.2, 0) is 33.9 Å². The summed E-state index contributed by atoms with van der Waals surface area (Å²) in [5.74, 6) is -17.2. The Kier molecular flexibility index (Phi) is 8.17. The molecule has 0 aliphatic carbocycles. The number of esters is 2. The molecule has 0 spiro atoms. The van der Waals surface area contributed by atoms with E-state index in [1.54, 1.807) is 0 Å². The molecule has 1 unspecified atom stereocenters. The fourth-order valence-electron chi connectivity index (χ4n) is 1.55. The van der Waals surface area contributed by atoms with Crippen LogP contribution in [0.1, 0.15) is 12.8 Å². The molecule has 0 aromatic carbocycles. The summed E-state index contributed by atoms with van der Waals surface area (Å²) in [6.45, 7) is 0.637. The number of carbonyl (C=O) groups is 2. The Hall–Kier alpha value is -2.01. The molecule has 0 aromatic heterocycles. The minimum atomic E-state index is -6.59. The molecule has 0 rings (SSSR count). The minimum absolute atomic E-state index is 0.352. The van der Waals surface area contributed by atoms with E-state index < -0.39 is 70.5 Å². The number of halogens is 8. The molecule has 1 atom stereocenters. The molecular formula is C12H12F8O8S. The van der Waals surface area contributed by atoms with Crippen molar-refractivity contribution >= 4 is 22.1 Å². The summed E-state index contributed by atoms with van der Waals surface area (Å²) in [6.07, 6.45) is -9.62. The highest BCUT2D eigenvalue weighted by molar-refractivity contribution is 7.87. The maximum absolute atomic E-state index is 13.3. The van der Waals surface area contributed by atoms with E-state index in [0.29, 0.717) is 7.11 Å². The normalized spacial score (nSPS) is 15.4. The van der Waals surface area contributed by atoms with Gasteiger partial charge in [-0.05, 0) is 6.42 Å². The molecule has 0 bridgehead atoms. The van der Waals surface area contributed by atoms with E-state index in [0.717, 1.165) is 0 Å². The third kappa shape index (κ3) is 5.75. The van der Waals surface area contributed by atoms with Gasteiger partial charge in [0, 0.05) is 6.42 Å². The molecule has 0 aliphatic rings. The molecule has 8 nitrogen and oxygen atoms in total. The number of methoxy groups -OCH3 is 1. The Morgan fingerprint density at radius 2 is 1.55 bits per heavy atom. The fourth-order valence-corrected chi connectivity index (χ4v) is 2.03. The zero-order valence-electron chi connectivity index (χ0n) is 14.1. The zero-order chi connectivity index (χ0) is 23.5. The molecule has 29 heavy (non-hydrogen) atoms. The molecule has 0 aliphatic heterocycles. The van der Waals surface area contributed by atoms with Gasteiger partial charge < -0.3 is 14.2 Å². The minimum Gasteiger partial charge on any atom is -0.464 e. The van der Waals surface area contributed by atoms with Gasteiger partial charge in [-0.1, -0.05) is 6.58 Å². The molecule has 17 heteroatoms. The lowest BCUT2D eigenvalue weighted by Crippen LogP contribution is -2.58. The van der Waals surface area contributed by atoms with Crippen molar-refractivity contribution in [2.45, 2.75) is 36.0 Å². The number of alkyl halides is 7. The van der Waals surface area contributed by atoms with Gasteiger partial charge >= 0.3 is 45.2 Å². The van der Waals surface area contributed by atoms with E-state index in [1.807, 2.05) is 0 Å². The van der Waals surface area contributed by atoms with Gasteiger partial charge in [-0.15, -0.1) is 0 Å². The van der Waals surface area contributed by atoms with Gasteiger partial charge in [-0.25, -0.2) is 9.59 Å². The van der Waals surface area contributed by atoms with Crippen LogP contribution in [0, 0.1) is 0 Å². The second-order valence-corrected chi connectivity index (χ2v) is 6.51. The fraction of sp³-hybridized carbons (Fsp3) is 0.667. The first kappa shape index (κ1) is 27.0. The second kappa shape index (κ2) is 8.78. The van der Waals surface area contributed by atoms with Crippen LogP contribution < -0.4 is 0 Å². The van der Waals surface area contributed by atoms with Crippen molar-refractivity contribution in [3.8, 4) is 0 Å². The van der Waals surface area contributed by atoms with Crippen LogP contribution in [0.2, 0.25) is 0 Å². The topological polar surface area (TPSA) is 116 Å². The maximum Gasteiger partial charge on any atom is 0.468 e. The summed E-state index contributed by atoms with van der Waals surface area (Å²) in [5.41, 5.74) is 0. The lowest BCUT2D eigenvalue weighted by Gasteiger charge is -2.31. The molecule has 0 aromatic rings. The number of carbonyl (C=O) groups excluding carboxylic acids is 2. The average molecular weight is 468 g/mol. The van der Waals surface area contributed by atoms with E-state index >= 15 is 0 Å². The average Bonchev–Trinajstić information content (AvgIpc) is 2.54. The summed E-state index contributed by atoms with van der Waals surface area (Å²) in [6, 6.07) is 0. The van der Waals surface area contributed by atoms with Gasteiger partial charge in [-0.2, -0.15) is 43.5 Å². The van der Waals surface area contributed by atoms with Crippen molar-refractivity contribution in [1.82, 2.24) is 0 Å². The van der Waals surface area contributed by atoms with Crippen molar-refractivity contribution < 1.29 is 71.9 Å². The number of hydrogen-bond donors (Lipinski definition) is 1. The maximum atomic E-state index is 13.3. The van der Waals surface area contributed by atoms with Crippen molar-refractivity contribution in [1.29, 1.82) is 0 Å². The highest BCUT2D eigenvalue weighted by atomic mass is 32.2. The Morgan fingerprint density at radius 1 is 1.07 bits per heavy atom. The standard InChI is InChI=1S/C12H12F8O8S/c1-6(13)7(21)28-10(8(22)26-2,11(16,17)18)27-5-3-4-9(14,15)12(19,20)29(23,24)25/h1,3-5H2,2H3,(H,23,24,25). The molecule has 0 saturated carbocycles. The van der Waals surface area contributed by atoms with Crippen LogP contribution in [0.15, 0.2) is 12.4 Å². The molecule has 1 N–H and O–H groups in total. The van der Waals surface area contributed by atoms with Crippen LogP contribution in [0.25, 0.3) is 0 Å². The van der Waals surface area contributed by atoms with E-state index in [9.17, 15) is 53.1 Å². The summed E-state index contributed by atoms with van der Waals surface area (Å²) < 4.78 is 145. The quantitative estimate of drug-likeness (QED) is 0.130. The van der Waals surface area contributed by atoms with Gasteiger partial charge in [0.1, 0.15) is 0 Å². The first-order valence-electron chi connectivity index (χ1n) is 6.86. The molecule has 0 amide bonds. The number of rotatable bonds is 10. The zero-order valence-corrected chi connectivity index (χ0v) is 14.9. The van der Waals surface area contributed by atoms with E-state index in [1.165, 1.54) is 0 Å². The number of hydrogen-bond acceptors (Lipinski definition) is 7. The van der Waals surface area contributed by atoms with Crippen LogP contribution in [0.4, 0.5) is 35.1 Å². The first-order chi connectivity index (χ1) is 12.8. The van der Waals surface area contributed by atoms with E-state index in [2.05, 4.69) is 20.8 Å². The van der Waals surface area contributed by atoms with Crippen molar-refractivity contribution in [3.63, 3.8) is 0 Å². The Morgan fingerprint density at radius 3 is 1.90 bits per heavy atom. The third-order valence-electron chi connectivity index (χ3n) is 2.98. The molecular weight excluding hydrogens is 456 g/mol. The second-order valence-electron chi connectivity index (χ2n) is 5.05. The Labute approximate surface area is 157 Å². The summed E-state index contributed by atoms with van der Waals surface area (Å²) in [5, 5.41) is -6.00. The summed E-state index contributed by atoms with van der Waals surface area (Å²) in [4.78, 5) is 22.5. The first-order valence-corrected chi connectivity index (χ1v) is 8.30. The lowest BCUT2D eigenvalue weighted by atomic mass is 10.2. The van der Waals surface area contributed by atoms with Gasteiger partial charge in [0.2, 0.25) is 5.83 Å². The monoisotopic (exact) mass is 468 g/mol. The predicted octanol–water partition coefficient (Wildman–Crippen LogP) is 2.36. The molecule has 170 valence electrons. The van der Waals surface area contributed by atoms with Crippen molar-refractivity contribution in [2.75, 3.05) is 13.7 Å². The molecule has 0 heterocycles. The largest absolute Gasteiger partial charge is 0.468 e. The highest BCUT2D eigenvalue weighted by Gasteiger charge is 2.68. The molecule has 0 saturated heterocycles. The predicted molar refractivity (Wildman–Crippen MR) is 73.8 cm³/mol. The SMILES string of the molecule is C=C(F)C(=O)OC(OCCCC(F)(F)C(F)(F)S(=O)(=O)O)(C(=O)OC)C(F)(F)F. The van der Waals surface area contributed by atoms with Crippen LogP contribution >= 0.6 is 0 Å². The van der Waals surface area contributed by atoms with E-state index in [4.69, 9.17) is 4.55 Å². The Bertz CT molecular complexity index is 747. The summed E-state index contributed by atoms with van der Waals surface area (Å²) >= 11 is 0. The molecule has 0 radical (unpaired) electrons. The van der Waals surface area contributed by atoms with Crippen LogP contribution in [0.3, 0.4) is 0 Å². The summed E-state index contributed by atoms with van der Waals surface area (Å²) in [7, 11) is -6.24. The van der Waals surface area contributed by atoms with Crippen molar-refractivity contribution in [2.24, 2.45) is 0 Å². The van der Waals surface area contributed by atoms with Gasteiger partial charge in [0.25, 0.3) is 0 Å². The van der Waals surface area contributed by atoms with Crippen molar-refractivity contribution in [3.05, 3.63) is 12.4 Å². The van der Waals surface area contributed by atoms with Gasteiger partial charge in [-0.3, -0.25) is 4.55 Å². The van der Waals surface area contributed by atoms with Crippen LogP contribution in [0.5, 0.6) is 0 Å². The van der Waals surface area contributed by atoms with Gasteiger partial charge in [0.15, 0.2) is 0 Å². The van der Waals surface area contributed by atoms with Gasteiger partial charge in [0.05, 0.1) is 13.7 Å². The highest BCUT2D eigenvalue weighted by Crippen LogP contribution is 2.42. The van der Waals surface area contributed by atoms with E-state index in [-0.39, 0.29) is 0 Å².